The van der Waals surface area contributed by atoms with Gasteiger partial charge in [0.15, 0.2) is 5.13 Å². The Morgan fingerprint density at radius 1 is 1.13 bits per heavy atom. The molecule has 7 nitrogen and oxygen atoms in total. The highest BCUT2D eigenvalue weighted by Gasteiger charge is 2.26. The summed E-state index contributed by atoms with van der Waals surface area (Å²) < 4.78 is 15.6. The third kappa shape index (κ3) is 4.65. The number of halogens is 1. The fourth-order valence-electron chi connectivity index (χ4n) is 5.55. The van der Waals surface area contributed by atoms with Crippen LogP contribution in [0.3, 0.4) is 0 Å². The number of anilines is 3. The Bertz CT molecular complexity index is 1430. The fraction of sp³-hybridized carbons (Fsp3) is 0.379. The summed E-state index contributed by atoms with van der Waals surface area (Å²) in [4.78, 5) is 16.8. The van der Waals surface area contributed by atoms with Crippen molar-refractivity contribution in [1.82, 2.24) is 24.6 Å². The maximum atomic E-state index is 13.4. The molecule has 0 saturated carbocycles. The number of hydrogen-bond acceptors (Lipinski definition) is 7. The molecule has 2 aliphatic heterocycles. The zero-order valence-corrected chi connectivity index (χ0v) is 22.8. The van der Waals surface area contributed by atoms with Crippen molar-refractivity contribution in [3.63, 3.8) is 0 Å². The van der Waals surface area contributed by atoms with Crippen molar-refractivity contribution < 1.29 is 4.39 Å². The lowest BCUT2D eigenvalue weighted by Gasteiger charge is -2.39. The van der Waals surface area contributed by atoms with Crippen LogP contribution in [0.4, 0.5) is 21.0 Å². The first kappa shape index (κ1) is 24.9. The first-order chi connectivity index (χ1) is 18.5. The van der Waals surface area contributed by atoms with Gasteiger partial charge >= 0.3 is 0 Å². The lowest BCUT2D eigenvalue weighted by Crippen LogP contribution is -2.48. The van der Waals surface area contributed by atoms with Crippen LogP contribution < -0.4 is 15.1 Å². The summed E-state index contributed by atoms with van der Waals surface area (Å²) in [5, 5.41) is 6.47. The van der Waals surface area contributed by atoms with E-state index in [0.717, 1.165) is 72.7 Å². The molecule has 1 aromatic carbocycles. The van der Waals surface area contributed by atoms with Crippen LogP contribution in [0.1, 0.15) is 25.5 Å². The highest BCUT2D eigenvalue weighted by Crippen LogP contribution is 2.34. The molecule has 0 spiro atoms. The van der Waals surface area contributed by atoms with E-state index in [1.165, 1.54) is 36.4 Å². The molecule has 0 bridgehead atoms. The van der Waals surface area contributed by atoms with Crippen LogP contribution in [0.15, 0.2) is 60.3 Å². The van der Waals surface area contributed by atoms with Crippen molar-refractivity contribution in [2.24, 2.45) is 0 Å². The van der Waals surface area contributed by atoms with Gasteiger partial charge in [-0.15, -0.1) is 11.3 Å². The molecule has 1 N–H and O–H groups in total. The van der Waals surface area contributed by atoms with Gasteiger partial charge in [0, 0.05) is 62.1 Å². The van der Waals surface area contributed by atoms with Gasteiger partial charge in [-0.3, -0.25) is 4.40 Å². The van der Waals surface area contributed by atoms with Crippen LogP contribution in [0, 0.1) is 5.82 Å². The molecule has 5 heterocycles. The first-order valence-electron chi connectivity index (χ1n) is 13.4. The number of benzene rings is 1. The molecular weight excluding hydrogens is 497 g/mol. The van der Waals surface area contributed by atoms with E-state index in [2.05, 4.69) is 56.2 Å². The minimum Gasteiger partial charge on any atom is -0.370 e. The van der Waals surface area contributed by atoms with Crippen molar-refractivity contribution in [3.8, 4) is 11.3 Å². The van der Waals surface area contributed by atoms with E-state index in [-0.39, 0.29) is 5.82 Å². The van der Waals surface area contributed by atoms with E-state index in [9.17, 15) is 4.39 Å². The third-order valence-corrected chi connectivity index (χ3v) is 8.65. The van der Waals surface area contributed by atoms with Gasteiger partial charge in [-0.25, -0.2) is 14.4 Å². The van der Waals surface area contributed by atoms with Crippen LogP contribution in [0.5, 0.6) is 0 Å². The van der Waals surface area contributed by atoms with E-state index in [4.69, 9.17) is 9.97 Å². The van der Waals surface area contributed by atoms with Crippen LogP contribution in [0.2, 0.25) is 0 Å². The molecule has 3 aromatic heterocycles. The van der Waals surface area contributed by atoms with Crippen molar-refractivity contribution in [2.45, 2.75) is 32.2 Å². The van der Waals surface area contributed by atoms with Gasteiger partial charge in [0.25, 0.3) is 0 Å². The summed E-state index contributed by atoms with van der Waals surface area (Å²) in [5.41, 5.74) is 6.16. The number of aromatic nitrogens is 3. The number of piperazine rings is 1. The quantitative estimate of drug-likeness (QED) is 0.349. The molecule has 0 amide bonds. The molecule has 0 aliphatic carbocycles. The smallest absolute Gasteiger partial charge is 0.191 e. The minimum atomic E-state index is -0.243. The SMILES string of the molecule is C=C(C1CCCN1)N1CCN(c2ccc3nc(CC)c(N(C)c4nc(-c5ccc(F)cc5)cs4)n3c2)CC1. The van der Waals surface area contributed by atoms with Gasteiger partial charge in [-0.1, -0.05) is 13.5 Å². The molecular formula is C29H34FN7S. The lowest BCUT2D eigenvalue weighted by molar-refractivity contribution is 0.298. The van der Waals surface area contributed by atoms with Gasteiger partial charge < -0.3 is 20.0 Å². The summed E-state index contributed by atoms with van der Waals surface area (Å²) in [6.45, 7) is 11.5. The van der Waals surface area contributed by atoms with Gasteiger partial charge in [-0.2, -0.15) is 0 Å². The second kappa shape index (κ2) is 10.4. The number of rotatable bonds is 7. The molecule has 0 radical (unpaired) electrons. The highest BCUT2D eigenvalue weighted by molar-refractivity contribution is 7.14. The Morgan fingerprint density at radius 2 is 1.92 bits per heavy atom. The van der Waals surface area contributed by atoms with E-state index in [0.29, 0.717) is 6.04 Å². The predicted octanol–water partition coefficient (Wildman–Crippen LogP) is 5.31. The maximum absolute atomic E-state index is 13.4. The molecule has 4 aromatic rings. The molecule has 2 fully saturated rings. The Kier molecular flexibility index (Phi) is 6.80. The number of nitrogens with zero attached hydrogens (tertiary/aromatic N) is 6. The van der Waals surface area contributed by atoms with E-state index in [1.54, 1.807) is 23.5 Å². The number of thiazole rings is 1. The minimum absolute atomic E-state index is 0.243. The molecule has 2 aliphatic rings. The average molecular weight is 532 g/mol. The number of aryl methyl sites for hydroxylation is 1. The van der Waals surface area contributed by atoms with E-state index < -0.39 is 0 Å². The van der Waals surface area contributed by atoms with Gasteiger partial charge in [-0.05, 0) is 62.2 Å². The summed E-state index contributed by atoms with van der Waals surface area (Å²) in [5.74, 6) is 0.788. The predicted molar refractivity (Wildman–Crippen MR) is 154 cm³/mol. The van der Waals surface area contributed by atoms with E-state index in [1.807, 2.05) is 12.4 Å². The molecule has 6 rings (SSSR count). The van der Waals surface area contributed by atoms with Gasteiger partial charge in [0.05, 0.1) is 17.1 Å². The topological polar surface area (TPSA) is 51.9 Å². The molecule has 1 unspecified atom stereocenters. The highest BCUT2D eigenvalue weighted by atomic mass is 32.1. The Hall–Kier alpha value is -3.43. The van der Waals surface area contributed by atoms with Crippen molar-refractivity contribution in [2.75, 3.05) is 49.6 Å². The Labute approximate surface area is 227 Å². The number of nitrogens with one attached hydrogen (secondary N) is 1. The second-order valence-corrected chi connectivity index (χ2v) is 10.9. The second-order valence-electron chi connectivity index (χ2n) is 10.0. The Balaban J connectivity index is 1.24. The van der Waals surface area contributed by atoms with Crippen LogP contribution >= 0.6 is 11.3 Å². The molecule has 38 heavy (non-hydrogen) atoms. The van der Waals surface area contributed by atoms with Gasteiger partial charge in [0.2, 0.25) is 0 Å². The summed E-state index contributed by atoms with van der Waals surface area (Å²) >= 11 is 1.58. The average Bonchev–Trinajstić information content (AvgIpc) is 3.72. The van der Waals surface area contributed by atoms with Crippen molar-refractivity contribution in [1.29, 1.82) is 0 Å². The van der Waals surface area contributed by atoms with Crippen LogP contribution in [-0.2, 0) is 6.42 Å². The fourth-order valence-corrected chi connectivity index (χ4v) is 6.35. The molecule has 198 valence electrons. The largest absolute Gasteiger partial charge is 0.370 e. The standard InChI is InChI=1S/C29H34FN7S/c1-4-24-28(34(3)29-33-26(19-38-29)21-7-9-22(30)10-8-21)37-18-23(11-12-27(37)32-24)36-16-14-35(15-17-36)20(2)25-6-5-13-31-25/h7-12,18-19,25,31H,2,4-6,13-17H2,1,3H3. The zero-order chi connectivity index (χ0) is 26.2. The van der Waals surface area contributed by atoms with Crippen molar-refractivity contribution in [3.05, 3.63) is 71.8 Å². The molecule has 9 heteroatoms. The Morgan fingerprint density at radius 3 is 2.63 bits per heavy atom. The third-order valence-electron chi connectivity index (χ3n) is 7.73. The van der Waals surface area contributed by atoms with Gasteiger partial charge in [0.1, 0.15) is 17.3 Å². The van der Waals surface area contributed by atoms with Crippen molar-refractivity contribution >= 4 is 33.6 Å². The molecule has 1 atom stereocenters. The summed E-state index contributed by atoms with van der Waals surface area (Å²) in [7, 11) is 2.05. The normalized spacial score (nSPS) is 17.9. The number of imidazole rings is 1. The zero-order valence-electron chi connectivity index (χ0n) is 22.0. The maximum Gasteiger partial charge on any atom is 0.191 e. The van der Waals surface area contributed by atoms with Crippen LogP contribution in [-0.4, -0.2) is 65.1 Å². The van der Waals surface area contributed by atoms with Crippen LogP contribution in [0.25, 0.3) is 16.9 Å². The summed E-state index contributed by atoms with van der Waals surface area (Å²) in [6.07, 6.45) is 5.46. The lowest BCUT2D eigenvalue weighted by atomic mass is 10.1. The van der Waals surface area contributed by atoms with E-state index >= 15 is 0 Å². The number of fused-ring (bicyclic) bond motifs is 1. The molecule has 2 saturated heterocycles. The monoisotopic (exact) mass is 531 g/mol. The number of pyridine rings is 1. The number of hydrogen-bond donors (Lipinski definition) is 1. The first-order valence-corrected chi connectivity index (χ1v) is 14.3. The summed E-state index contributed by atoms with van der Waals surface area (Å²) in [6, 6.07) is 11.2.